The van der Waals surface area contributed by atoms with Crippen LogP contribution >= 0.6 is 0 Å². The predicted octanol–water partition coefficient (Wildman–Crippen LogP) is -0.608. The van der Waals surface area contributed by atoms with E-state index in [0.29, 0.717) is 24.7 Å². The van der Waals surface area contributed by atoms with Gasteiger partial charge in [-0.15, -0.1) is 0 Å². The molecule has 0 saturated carbocycles. The summed E-state index contributed by atoms with van der Waals surface area (Å²) in [5.41, 5.74) is 5.72. The van der Waals surface area contributed by atoms with Crippen LogP contribution in [0.4, 0.5) is 11.6 Å². The lowest BCUT2D eigenvalue weighted by Crippen LogP contribution is -2.54. The highest BCUT2D eigenvalue weighted by molar-refractivity contribution is 5.86. The number of piperazine rings is 1. The van der Waals surface area contributed by atoms with Crippen LogP contribution in [-0.4, -0.2) is 42.1 Å². The second-order valence-electron chi connectivity index (χ2n) is 3.78. The van der Waals surface area contributed by atoms with Crippen molar-refractivity contribution in [3.8, 4) is 5.75 Å². The van der Waals surface area contributed by atoms with Gasteiger partial charge >= 0.3 is 0 Å². The molecule has 92 valence electrons. The molecule has 0 radical (unpaired) electrons. The molecule has 1 aromatic heterocycles. The third-order valence-electron chi connectivity index (χ3n) is 2.79. The van der Waals surface area contributed by atoms with Gasteiger partial charge in [0.2, 0.25) is 11.7 Å². The Kier molecular flexibility index (Phi) is 2.99. The lowest BCUT2D eigenvalue weighted by atomic mass is 10.2. The monoisotopic (exact) mass is 237 g/mol. The van der Waals surface area contributed by atoms with Gasteiger partial charge in [0, 0.05) is 13.1 Å². The van der Waals surface area contributed by atoms with Crippen molar-refractivity contribution in [3.63, 3.8) is 0 Å². The molecule has 3 N–H and O–H groups in total. The number of methoxy groups -OCH3 is 1. The summed E-state index contributed by atoms with van der Waals surface area (Å²) in [6, 6.07) is -0.299. The first-order valence-electron chi connectivity index (χ1n) is 5.34. The normalized spacial score (nSPS) is 20.0. The molecule has 17 heavy (non-hydrogen) atoms. The number of hydrogen-bond acceptors (Lipinski definition) is 6. The van der Waals surface area contributed by atoms with Gasteiger partial charge in [-0.05, 0) is 6.92 Å². The number of ether oxygens (including phenoxy) is 1. The first kappa shape index (κ1) is 11.4. The van der Waals surface area contributed by atoms with E-state index < -0.39 is 0 Å². The van der Waals surface area contributed by atoms with E-state index in [-0.39, 0.29) is 17.8 Å². The standard InChI is InChI=1S/C10H15N5O2/c1-6-10(16)12-3-4-15(6)9-7(17-2)8(11)13-5-14-9/h5-6H,3-4H2,1-2H3,(H,12,16)(H2,11,13,14). The molecule has 7 nitrogen and oxygen atoms in total. The highest BCUT2D eigenvalue weighted by Crippen LogP contribution is 2.31. The Morgan fingerprint density at radius 1 is 1.59 bits per heavy atom. The Morgan fingerprint density at radius 3 is 3.06 bits per heavy atom. The van der Waals surface area contributed by atoms with E-state index in [4.69, 9.17) is 10.5 Å². The number of carbonyl (C=O) groups is 1. The number of aromatic nitrogens is 2. The largest absolute Gasteiger partial charge is 0.490 e. The molecule has 1 aromatic rings. The molecule has 0 bridgehead atoms. The number of amides is 1. The summed E-state index contributed by atoms with van der Waals surface area (Å²) in [7, 11) is 1.51. The van der Waals surface area contributed by atoms with Crippen LogP contribution < -0.4 is 20.7 Å². The topological polar surface area (TPSA) is 93.4 Å². The van der Waals surface area contributed by atoms with Crippen LogP contribution in [0, 0.1) is 0 Å². The second-order valence-corrected chi connectivity index (χ2v) is 3.78. The average molecular weight is 237 g/mol. The van der Waals surface area contributed by atoms with Crippen molar-refractivity contribution in [2.45, 2.75) is 13.0 Å². The molecule has 1 fully saturated rings. The number of nitrogens with zero attached hydrogens (tertiary/aromatic N) is 3. The Bertz CT molecular complexity index is 437. The predicted molar refractivity (Wildman–Crippen MR) is 62.8 cm³/mol. The second kappa shape index (κ2) is 4.44. The molecule has 1 atom stereocenters. The maximum absolute atomic E-state index is 11.6. The molecule has 1 unspecified atom stereocenters. The molecule has 0 aromatic carbocycles. The average Bonchev–Trinajstić information content (AvgIpc) is 2.32. The summed E-state index contributed by atoms with van der Waals surface area (Å²) in [4.78, 5) is 21.5. The summed E-state index contributed by atoms with van der Waals surface area (Å²) in [6.07, 6.45) is 1.37. The van der Waals surface area contributed by atoms with Crippen LogP contribution in [0.25, 0.3) is 0 Å². The van der Waals surface area contributed by atoms with Gasteiger partial charge in [-0.25, -0.2) is 9.97 Å². The van der Waals surface area contributed by atoms with Crippen LogP contribution in [0.5, 0.6) is 5.75 Å². The molecular formula is C10H15N5O2. The number of nitrogens with two attached hydrogens (primary N) is 1. The van der Waals surface area contributed by atoms with Gasteiger partial charge in [0.15, 0.2) is 11.6 Å². The number of nitrogen functional groups attached to an aromatic ring is 1. The quantitative estimate of drug-likeness (QED) is 0.713. The van der Waals surface area contributed by atoms with Crippen molar-refractivity contribution in [1.29, 1.82) is 0 Å². The highest BCUT2D eigenvalue weighted by atomic mass is 16.5. The third kappa shape index (κ3) is 1.95. The SMILES string of the molecule is COc1c(N)ncnc1N1CCNC(=O)C1C. The Balaban J connectivity index is 2.39. The van der Waals surface area contributed by atoms with Crippen molar-refractivity contribution in [2.24, 2.45) is 0 Å². The highest BCUT2D eigenvalue weighted by Gasteiger charge is 2.29. The number of carbonyl (C=O) groups excluding carboxylic acids is 1. The van der Waals surface area contributed by atoms with Crippen molar-refractivity contribution in [2.75, 3.05) is 30.8 Å². The Labute approximate surface area is 99.0 Å². The van der Waals surface area contributed by atoms with Crippen LogP contribution in [-0.2, 0) is 4.79 Å². The fourth-order valence-corrected chi connectivity index (χ4v) is 1.85. The van der Waals surface area contributed by atoms with Gasteiger partial charge in [0.1, 0.15) is 12.4 Å². The van der Waals surface area contributed by atoms with Gasteiger partial charge in [-0.3, -0.25) is 4.79 Å². The molecule has 2 heterocycles. The van der Waals surface area contributed by atoms with Gasteiger partial charge < -0.3 is 20.7 Å². The fourth-order valence-electron chi connectivity index (χ4n) is 1.85. The Hall–Kier alpha value is -2.05. The minimum absolute atomic E-state index is 0.0320. The zero-order chi connectivity index (χ0) is 12.4. The maximum Gasteiger partial charge on any atom is 0.242 e. The number of rotatable bonds is 2. The number of nitrogens with one attached hydrogen (secondary N) is 1. The fraction of sp³-hybridized carbons (Fsp3) is 0.500. The lowest BCUT2D eigenvalue weighted by molar-refractivity contribution is -0.122. The van der Waals surface area contributed by atoms with E-state index in [0.717, 1.165) is 0 Å². The third-order valence-corrected chi connectivity index (χ3v) is 2.79. The molecule has 1 aliphatic rings. The minimum atomic E-state index is -0.299. The zero-order valence-corrected chi connectivity index (χ0v) is 9.80. The molecule has 0 aliphatic carbocycles. The van der Waals surface area contributed by atoms with E-state index in [1.807, 2.05) is 11.8 Å². The van der Waals surface area contributed by atoms with E-state index in [1.54, 1.807) is 0 Å². The maximum atomic E-state index is 11.6. The van der Waals surface area contributed by atoms with Crippen LogP contribution in [0.2, 0.25) is 0 Å². The summed E-state index contributed by atoms with van der Waals surface area (Å²) in [5.74, 6) is 1.21. The minimum Gasteiger partial charge on any atom is -0.490 e. The zero-order valence-electron chi connectivity index (χ0n) is 9.80. The summed E-state index contributed by atoms with van der Waals surface area (Å²) in [6.45, 7) is 3.06. The molecule has 0 spiro atoms. The van der Waals surface area contributed by atoms with E-state index >= 15 is 0 Å². The van der Waals surface area contributed by atoms with Crippen molar-refractivity contribution < 1.29 is 9.53 Å². The molecular weight excluding hydrogens is 222 g/mol. The summed E-state index contributed by atoms with van der Waals surface area (Å²) < 4.78 is 5.19. The van der Waals surface area contributed by atoms with Crippen molar-refractivity contribution in [3.05, 3.63) is 6.33 Å². The summed E-state index contributed by atoms with van der Waals surface area (Å²) in [5, 5.41) is 2.79. The first-order valence-corrected chi connectivity index (χ1v) is 5.34. The van der Waals surface area contributed by atoms with E-state index in [1.165, 1.54) is 13.4 Å². The van der Waals surface area contributed by atoms with E-state index in [9.17, 15) is 4.79 Å². The van der Waals surface area contributed by atoms with Crippen molar-refractivity contribution >= 4 is 17.5 Å². The Morgan fingerprint density at radius 2 is 2.35 bits per heavy atom. The molecule has 1 aliphatic heterocycles. The smallest absolute Gasteiger partial charge is 0.242 e. The summed E-state index contributed by atoms with van der Waals surface area (Å²) >= 11 is 0. The van der Waals surface area contributed by atoms with Gasteiger partial charge in [0.05, 0.1) is 7.11 Å². The molecule has 2 rings (SSSR count). The first-order chi connectivity index (χ1) is 8.15. The lowest BCUT2D eigenvalue weighted by Gasteiger charge is -2.34. The molecule has 7 heteroatoms. The number of hydrogen-bond donors (Lipinski definition) is 2. The molecule has 1 saturated heterocycles. The van der Waals surface area contributed by atoms with E-state index in [2.05, 4.69) is 15.3 Å². The van der Waals surface area contributed by atoms with Crippen LogP contribution in [0.1, 0.15) is 6.92 Å². The van der Waals surface area contributed by atoms with Crippen LogP contribution in [0.3, 0.4) is 0 Å². The van der Waals surface area contributed by atoms with Gasteiger partial charge in [-0.1, -0.05) is 0 Å². The van der Waals surface area contributed by atoms with Crippen molar-refractivity contribution in [1.82, 2.24) is 15.3 Å². The number of anilines is 2. The molecule has 1 amide bonds. The van der Waals surface area contributed by atoms with Gasteiger partial charge in [0.25, 0.3) is 0 Å². The van der Waals surface area contributed by atoms with Crippen LogP contribution in [0.15, 0.2) is 6.33 Å². The van der Waals surface area contributed by atoms with Gasteiger partial charge in [-0.2, -0.15) is 0 Å².